The van der Waals surface area contributed by atoms with Crippen LogP contribution in [0.25, 0.3) is 0 Å². The van der Waals surface area contributed by atoms with E-state index in [1.807, 2.05) is 12.5 Å². The summed E-state index contributed by atoms with van der Waals surface area (Å²) in [5.41, 5.74) is 0. The first kappa shape index (κ1) is 29.1. The van der Waals surface area contributed by atoms with Crippen molar-refractivity contribution in [3.8, 4) is 0 Å². The van der Waals surface area contributed by atoms with Gasteiger partial charge >= 0.3 is 23.1 Å². The van der Waals surface area contributed by atoms with E-state index < -0.39 is 24.0 Å². The molecular weight excluding hydrogens is 381 g/mol. The maximum Gasteiger partial charge on any atom is 2.00 e. The quantitative estimate of drug-likeness (QED) is 0.384. The average Bonchev–Trinajstić information content (AvgIpc) is 2.47. The second-order valence-corrected chi connectivity index (χ2v) is 6.68. The Morgan fingerprint density at radius 2 is 1.08 bits per heavy atom. The Bertz CT molecular complexity index is 388. The molecule has 140 valence electrons. The Hall–Kier alpha value is -0.654. The smallest absolute Gasteiger partial charge is 0.548 e. The molecular formula is C14H24MgN2O6S2. The van der Waals surface area contributed by atoms with E-state index in [9.17, 15) is 29.4 Å². The number of rotatable bonds is 10. The van der Waals surface area contributed by atoms with E-state index in [1.165, 1.54) is 37.4 Å². The van der Waals surface area contributed by atoms with E-state index in [1.54, 1.807) is 0 Å². The predicted octanol–water partition coefficient (Wildman–Crippen LogP) is -2.39. The molecule has 0 aliphatic rings. The fourth-order valence-corrected chi connectivity index (χ4v) is 2.40. The second kappa shape index (κ2) is 18.1. The Morgan fingerprint density at radius 3 is 1.24 bits per heavy atom. The molecule has 0 bridgehead atoms. The van der Waals surface area contributed by atoms with Crippen molar-refractivity contribution in [2.24, 2.45) is 0 Å². The van der Waals surface area contributed by atoms with Crippen LogP contribution in [0.3, 0.4) is 0 Å². The van der Waals surface area contributed by atoms with E-state index in [0.29, 0.717) is 24.3 Å². The summed E-state index contributed by atoms with van der Waals surface area (Å²) in [6.45, 7) is 2.57. The molecule has 25 heavy (non-hydrogen) atoms. The van der Waals surface area contributed by atoms with Gasteiger partial charge in [-0.15, -0.1) is 0 Å². The number of hydrogen-bond acceptors (Lipinski definition) is 8. The molecule has 0 aromatic rings. The molecule has 0 radical (unpaired) electrons. The summed E-state index contributed by atoms with van der Waals surface area (Å²) in [6, 6.07) is -1.70. The number of aliphatic carboxylic acids is 2. The molecule has 2 N–H and O–H groups in total. The molecule has 0 aromatic carbocycles. The zero-order valence-electron chi connectivity index (χ0n) is 15.0. The molecule has 0 fully saturated rings. The number of nitrogens with one attached hydrogen (secondary N) is 2. The van der Waals surface area contributed by atoms with Gasteiger partial charge in [0.25, 0.3) is 0 Å². The van der Waals surface area contributed by atoms with Crippen LogP contribution in [0, 0.1) is 0 Å². The van der Waals surface area contributed by atoms with Gasteiger partial charge in [0.2, 0.25) is 11.8 Å². The fraction of sp³-hybridized carbons (Fsp3) is 0.714. The van der Waals surface area contributed by atoms with E-state index in [2.05, 4.69) is 10.6 Å². The van der Waals surface area contributed by atoms with Crippen LogP contribution < -0.4 is 20.8 Å². The number of hydrogen-bond donors (Lipinski definition) is 2. The number of amides is 2. The van der Waals surface area contributed by atoms with Crippen molar-refractivity contribution in [2.75, 3.05) is 24.0 Å². The zero-order chi connectivity index (χ0) is 19.1. The van der Waals surface area contributed by atoms with Gasteiger partial charge in [-0.25, -0.2) is 0 Å². The summed E-state index contributed by atoms with van der Waals surface area (Å²) in [4.78, 5) is 41.8. The third-order valence-electron chi connectivity index (χ3n) is 2.55. The van der Waals surface area contributed by atoms with Crippen LogP contribution in [-0.2, 0) is 19.2 Å². The van der Waals surface area contributed by atoms with E-state index in [0.717, 1.165) is 0 Å². The van der Waals surface area contributed by atoms with Crippen molar-refractivity contribution >= 4 is 70.3 Å². The Morgan fingerprint density at radius 1 is 0.800 bits per heavy atom. The minimum Gasteiger partial charge on any atom is -0.548 e. The number of carboxylic acids is 2. The standard InChI is InChI=1S/2C7H13NO3S.Mg/c2*1-5(9)8-6(7(10)11)3-4-12-2;/h2*6H,3-4H2,1-2H3,(H,8,9)(H,10,11);/q;;+2/p-2/t2*6-;/m00./s1. The van der Waals surface area contributed by atoms with Gasteiger partial charge in [-0.1, -0.05) is 0 Å². The molecule has 0 spiro atoms. The van der Waals surface area contributed by atoms with Gasteiger partial charge in [-0.2, -0.15) is 23.5 Å². The van der Waals surface area contributed by atoms with Crippen molar-refractivity contribution in [1.82, 2.24) is 10.6 Å². The fourth-order valence-electron chi connectivity index (χ4n) is 1.46. The maximum atomic E-state index is 10.5. The molecule has 11 heteroatoms. The topological polar surface area (TPSA) is 138 Å². The van der Waals surface area contributed by atoms with Crippen molar-refractivity contribution in [2.45, 2.75) is 38.8 Å². The summed E-state index contributed by atoms with van der Waals surface area (Å²) in [5, 5.41) is 25.4. The molecule has 8 nitrogen and oxygen atoms in total. The SMILES string of the molecule is CSCC[C@H](NC(C)=O)C(=O)[O-].CSCC[C@H](NC(C)=O)C(=O)[O-].[Mg+2]. The van der Waals surface area contributed by atoms with E-state index in [4.69, 9.17) is 0 Å². The van der Waals surface area contributed by atoms with Crippen molar-refractivity contribution in [3.05, 3.63) is 0 Å². The van der Waals surface area contributed by atoms with Crippen LogP contribution >= 0.6 is 23.5 Å². The number of carbonyl (C=O) groups is 4. The second-order valence-electron chi connectivity index (χ2n) is 4.71. The van der Waals surface area contributed by atoms with Crippen LogP contribution in [0.15, 0.2) is 0 Å². The van der Waals surface area contributed by atoms with Crippen LogP contribution in [0.4, 0.5) is 0 Å². The minimum atomic E-state index is -1.22. The van der Waals surface area contributed by atoms with Gasteiger partial charge in [0.05, 0.1) is 24.0 Å². The van der Waals surface area contributed by atoms with Crippen molar-refractivity contribution in [3.63, 3.8) is 0 Å². The summed E-state index contributed by atoms with van der Waals surface area (Å²) in [5.74, 6) is -1.74. The molecule has 2 amide bonds. The maximum absolute atomic E-state index is 10.5. The Balaban J connectivity index is -0.000000372. The summed E-state index contributed by atoms with van der Waals surface area (Å²) < 4.78 is 0. The van der Waals surface area contributed by atoms with Crippen LogP contribution in [0.5, 0.6) is 0 Å². The van der Waals surface area contributed by atoms with Crippen LogP contribution in [-0.4, -0.2) is 82.9 Å². The van der Waals surface area contributed by atoms with Gasteiger partial charge in [0.15, 0.2) is 0 Å². The van der Waals surface area contributed by atoms with E-state index >= 15 is 0 Å². The van der Waals surface area contributed by atoms with Crippen molar-refractivity contribution < 1.29 is 29.4 Å². The molecule has 0 rings (SSSR count). The number of carboxylic acid groups (broad SMARTS) is 2. The van der Waals surface area contributed by atoms with Gasteiger partial charge in [-0.3, -0.25) is 9.59 Å². The van der Waals surface area contributed by atoms with Gasteiger partial charge < -0.3 is 30.4 Å². The van der Waals surface area contributed by atoms with Gasteiger partial charge in [-0.05, 0) is 36.9 Å². The monoisotopic (exact) mass is 404 g/mol. The number of thioether (sulfide) groups is 2. The summed E-state index contributed by atoms with van der Waals surface area (Å²) in [7, 11) is 0. The largest absolute Gasteiger partial charge is 2.00 e. The average molecular weight is 405 g/mol. The van der Waals surface area contributed by atoms with Gasteiger partial charge in [0.1, 0.15) is 0 Å². The molecule has 0 saturated heterocycles. The Labute approximate surface area is 172 Å². The third-order valence-corrected chi connectivity index (χ3v) is 3.83. The molecule has 0 aliphatic carbocycles. The predicted molar refractivity (Wildman–Crippen MR) is 97.0 cm³/mol. The summed E-state index contributed by atoms with van der Waals surface area (Å²) >= 11 is 3.06. The van der Waals surface area contributed by atoms with Crippen LogP contribution in [0.2, 0.25) is 0 Å². The molecule has 0 aliphatic heterocycles. The first-order chi connectivity index (χ1) is 11.1. The van der Waals surface area contributed by atoms with Crippen LogP contribution in [0.1, 0.15) is 26.7 Å². The minimum absolute atomic E-state index is 0. The number of carbonyl (C=O) groups excluding carboxylic acids is 4. The first-order valence-corrected chi connectivity index (χ1v) is 9.88. The molecule has 0 unspecified atom stereocenters. The Kier molecular flexibility index (Phi) is 21.1. The molecule has 2 atom stereocenters. The molecule has 0 heterocycles. The third kappa shape index (κ3) is 19.5. The summed E-state index contributed by atoms with van der Waals surface area (Å²) in [6.07, 6.45) is 4.56. The normalized spacial score (nSPS) is 11.7. The van der Waals surface area contributed by atoms with Crippen molar-refractivity contribution in [1.29, 1.82) is 0 Å². The zero-order valence-corrected chi connectivity index (χ0v) is 18.0. The first-order valence-electron chi connectivity index (χ1n) is 7.09. The molecule has 0 saturated carbocycles. The van der Waals surface area contributed by atoms with Gasteiger partial charge in [0, 0.05) is 13.8 Å². The van der Waals surface area contributed by atoms with E-state index in [-0.39, 0.29) is 34.9 Å². The molecule has 0 aromatic heterocycles.